The average Bonchev–Trinajstić information content (AvgIpc) is 3.58. The third-order valence-corrected chi connectivity index (χ3v) is 5.80. The second-order valence-electron chi connectivity index (χ2n) is 7.49. The molecule has 31 heavy (non-hydrogen) atoms. The van der Waals surface area contributed by atoms with E-state index < -0.39 is 17.2 Å². The molecule has 0 spiro atoms. The first-order valence-corrected chi connectivity index (χ1v) is 10.8. The summed E-state index contributed by atoms with van der Waals surface area (Å²) in [6, 6.07) is 11.6. The van der Waals surface area contributed by atoms with Crippen LogP contribution >= 0.6 is 15.9 Å². The van der Waals surface area contributed by atoms with Gasteiger partial charge in [0.25, 0.3) is 5.56 Å². The Morgan fingerprint density at radius 2 is 1.77 bits per heavy atom. The number of aromatic nitrogens is 1. The smallest absolute Gasteiger partial charge is 0.259 e. The molecule has 3 aromatic rings. The Hall–Kier alpha value is -2.84. The molecule has 1 fully saturated rings. The van der Waals surface area contributed by atoms with Crippen molar-refractivity contribution in [2.24, 2.45) is 0 Å². The first-order valence-electron chi connectivity index (χ1n) is 9.98. The number of hydrogen-bond donors (Lipinski definition) is 4. The Bertz CT molecular complexity index is 1150. The number of halogens is 3. The quantitative estimate of drug-likeness (QED) is 0.343. The molecule has 1 saturated carbocycles. The number of nitrogens with one attached hydrogen (secondary N) is 4. The van der Waals surface area contributed by atoms with E-state index in [0.717, 1.165) is 30.7 Å². The van der Waals surface area contributed by atoms with Crippen molar-refractivity contribution in [3.8, 4) is 0 Å². The molecule has 0 bridgehead atoms. The van der Waals surface area contributed by atoms with E-state index in [1.807, 2.05) is 12.1 Å². The van der Waals surface area contributed by atoms with Crippen LogP contribution in [0.4, 0.5) is 20.2 Å². The van der Waals surface area contributed by atoms with Gasteiger partial charge in [0.2, 0.25) is 0 Å². The van der Waals surface area contributed by atoms with Crippen molar-refractivity contribution in [2.45, 2.75) is 25.3 Å². The van der Waals surface area contributed by atoms with Crippen molar-refractivity contribution in [3.05, 3.63) is 91.8 Å². The highest BCUT2D eigenvalue weighted by Gasteiger charge is 2.21. The van der Waals surface area contributed by atoms with Crippen molar-refractivity contribution in [1.82, 2.24) is 10.3 Å². The predicted molar refractivity (Wildman–Crippen MR) is 122 cm³/mol. The van der Waals surface area contributed by atoms with Gasteiger partial charge in [0, 0.05) is 17.8 Å². The van der Waals surface area contributed by atoms with Crippen LogP contribution in [-0.4, -0.2) is 23.3 Å². The molecule has 8 heteroatoms. The van der Waals surface area contributed by atoms with Crippen LogP contribution in [0.2, 0.25) is 0 Å². The molecule has 4 N–H and O–H groups in total. The van der Waals surface area contributed by atoms with E-state index in [9.17, 15) is 13.6 Å². The van der Waals surface area contributed by atoms with E-state index in [2.05, 4.69) is 31.5 Å². The third kappa shape index (κ3) is 4.91. The van der Waals surface area contributed by atoms with Crippen LogP contribution in [0.25, 0.3) is 0 Å². The third-order valence-electron chi connectivity index (χ3n) is 5.18. The first-order chi connectivity index (χ1) is 14.9. The van der Waals surface area contributed by atoms with Gasteiger partial charge in [-0.2, -0.15) is 0 Å². The second kappa shape index (κ2) is 9.11. The molecule has 0 unspecified atom stereocenters. The van der Waals surface area contributed by atoms with Gasteiger partial charge in [0.05, 0.1) is 21.4 Å². The minimum Gasteiger partial charge on any atom is -0.349 e. The van der Waals surface area contributed by atoms with Crippen molar-refractivity contribution in [1.29, 1.82) is 5.41 Å². The average molecular weight is 487 g/mol. The standard InChI is InChI=1S/C23H21BrF2N4O/c24-16-12-29-23(31)19(21(16)30-22-17(25)2-1-3-18(22)26)20(27)14-6-4-13(5-7-14)10-11-28-15-8-9-15/h1-7,12,15,27-28H,8-11H2,(H2,29,30,31). The first kappa shape index (κ1) is 21.4. The lowest BCUT2D eigenvalue weighted by atomic mass is 10.00. The number of H-pyrrole nitrogens is 1. The van der Waals surface area contributed by atoms with E-state index in [-0.39, 0.29) is 22.6 Å². The number of rotatable bonds is 8. The lowest BCUT2D eigenvalue weighted by Gasteiger charge is -2.15. The zero-order valence-electron chi connectivity index (χ0n) is 16.6. The maximum absolute atomic E-state index is 14.2. The summed E-state index contributed by atoms with van der Waals surface area (Å²) in [4.78, 5) is 15.1. The van der Waals surface area contributed by atoms with Crippen molar-refractivity contribution in [3.63, 3.8) is 0 Å². The largest absolute Gasteiger partial charge is 0.349 e. The van der Waals surface area contributed by atoms with Crippen LogP contribution < -0.4 is 16.2 Å². The molecule has 0 saturated heterocycles. The Morgan fingerprint density at radius 3 is 2.42 bits per heavy atom. The van der Waals surface area contributed by atoms with E-state index in [1.54, 1.807) is 12.1 Å². The number of aromatic amines is 1. The van der Waals surface area contributed by atoms with Crippen LogP contribution in [-0.2, 0) is 6.42 Å². The van der Waals surface area contributed by atoms with Gasteiger partial charge < -0.3 is 15.6 Å². The number of hydrogen-bond acceptors (Lipinski definition) is 4. The minimum absolute atomic E-state index is 0.0137. The fourth-order valence-electron chi connectivity index (χ4n) is 3.30. The van der Waals surface area contributed by atoms with Crippen molar-refractivity contribution >= 4 is 33.0 Å². The summed E-state index contributed by atoms with van der Waals surface area (Å²) in [5.41, 5.74) is 0.783. The molecule has 0 aliphatic heterocycles. The van der Waals surface area contributed by atoms with Gasteiger partial charge in [-0.25, -0.2) is 8.78 Å². The molecule has 0 amide bonds. The fraction of sp³-hybridized carbons (Fsp3) is 0.217. The Balaban J connectivity index is 1.61. The molecular weight excluding hydrogens is 466 g/mol. The maximum atomic E-state index is 14.2. The van der Waals surface area contributed by atoms with E-state index in [0.29, 0.717) is 16.1 Å². The van der Waals surface area contributed by atoms with Crippen molar-refractivity contribution < 1.29 is 8.78 Å². The van der Waals surface area contributed by atoms with Gasteiger partial charge >= 0.3 is 0 Å². The molecule has 1 aliphatic carbocycles. The summed E-state index contributed by atoms with van der Waals surface area (Å²) < 4.78 is 28.7. The SMILES string of the molecule is N=C(c1ccc(CCNC2CC2)cc1)c1c(Nc2c(F)cccc2F)c(Br)c[nH]c1=O. The molecule has 5 nitrogen and oxygen atoms in total. The molecule has 0 atom stereocenters. The van der Waals surface area contributed by atoms with Gasteiger partial charge in [-0.1, -0.05) is 30.3 Å². The zero-order valence-corrected chi connectivity index (χ0v) is 18.2. The van der Waals surface area contributed by atoms with Gasteiger partial charge in [-0.05, 0) is 59.4 Å². The number of para-hydroxylation sites is 1. The summed E-state index contributed by atoms with van der Waals surface area (Å²) in [5.74, 6) is -1.59. The molecule has 0 radical (unpaired) electrons. The molecule has 1 heterocycles. The molecule has 160 valence electrons. The van der Waals surface area contributed by atoms with Gasteiger partial charge in [-0.3, -0.25) is 10.2 Å². The Morgan fingerprint density at radius 1 is 1.10 bits per heavy atom. The van der Waals surface area contributed by atoms with Crippen LogP contribution in [0.5, 0.6) is 0 Å². The highest BCUT2D eigenvalue weighted by Crippen LogP contribution is 2.31. The Labute approximate surface area is 186 Å². The van der Waals surface area contributed by atoms with Crippen LogP contribution in [0.3, 0.4) is 0 Å². The molecule has 1 aliphatic rings. The zero-order chi connectivity index (χ0) is 22.0. The lowest BCUT2D eigenvalue weighted by molar-refractivity contribution is 0.590. The van der Waals surface area contributed by atoms with Gasteiger partial charge in [-0.15, -0.1) is 0 Å². The van der Waals surface area contributed by atoms with Gasteiger partial charge in [0.15, 0.2) is 0 Å². The fourth-order valence-corrected chi connectivity index (χ4v) is 3.71. The normalized spacial score (nSPS) is 13.3. The number of anilines is 2. The van der Waals surface area contributed by atoms with E-state index in [1.165, 1.54) is 25.1 Å². The monoisotopic (exact) mass is 486 g/mol. The summed E-state index contributed by atoms with van der Waals surface area (Å²) in [5, 5.41) is 14.7. The minimum atomic E-state index is -0.797. The van der Waals surface area contributed by atoms with Crippen LogP contribution in [0, 0.1) is 17.0 Å². The molecule has 4 rings (SSSR count). The van der Waals surface area contributed by atoms with E-state index in [4.69, 9.17) is 5.41 Å². The Kier molecular flexibility index (Phi) is 6.29. The van der Waals surface area contributed by atoms with Crippen molar-refractivity contribution in [2.75, 3.05) is 11.9 Å². The highest BCUT2D eigenvalue weighted by molar-refractivity contribution is 9.10. The second-order valence-corrected chi connectivity index (χ2v) is 8.34. The van der Waals surface area contributed by atoms with Crippen LogP contribution in [0.1, 0.15) is 29.5 Å². The molecule has 1 aromatic heterocycles. The maximum Gasteiger partial charge on any atom is 0.259 e. The van der Waals surface area contributed by atoms with Crippen LogP contribution in [0.15, 0.2) is 57.9 Å². The topological polar surface area (TPSA) is 80.8 Å². The summed E-state index contributed by atoms with van der Waals surface area (Å²) in [6.45, 7) is 0.898. The summed E-state index contributed by atoms with van der Waals surface area (Å²) in [7, 11) is 0. The summed E-state index contributed by atoms with van der Waals surface area (Å²) in [6.07, 6.45) is 4.73. The summed E-state index contributed by atoms with van der Waals surface area (Å²) >= 11 is 3.30. The van der Waals surface area contributed by atoms with E-state index >= 15 is 0 Å². The highest BCUT2D eigenvalue weighted by atomic mass is 79.9. The predicted octanol–water partition coefficient (Wildman–Crippen LogP) is 4.87. The number of pyridine rings is 1. The lowest BCUT2D eigenvalue weighted by Crippen LogP contribution is -2.21. The van der Waals surface area contributed by atoms with Gasteiger partial charge in [0.1, 0.15) is 17.3 Å². The number of benzene rings is 2. The molecular formula is C23H21BrF2N4O. The molecule has 2 aromatic carbocycles.